The number of rotatable bonds is 4. The lowest BCUT2D eigenvalue weighted by Gasteiger charge is -1.99. The molecule has 0 aliphatic carbocycles. The summed E-state index contributed by atoms with van der Waals surface area (Å²) in [5.41, 5.74) is 4.73. The first-order valence-corrected chi connectivity index (χ1v) is 6.47. The highest BCUT2D eigenvalue weighted by atomic mass is 32.1. The number of hydrogen-bond donors (Lipinski definition) is 2. The molecule has 0 fully saturated rings. The molecule has 1 aromatic heterocycles. The van der Waals surface area contributed by atoms with Crippen LogP contribution >= 0.6 is 11.3 Å². The van der Waals surface area contributed by atoms with Gasteiger partial charge < -0.3 is 5.73 Å². The molecule has 2 rings (SSSR count). The van der Waals surface area contributed by atoms with Crippen molar-refractivity contribution in [3.05, 3.63) is 52.5 Å². The van der Waals surface area contributed by atoms with E-state index in [0.29, 0.717) is 0 Å². The maximum Gasteiger partial charge on any atom is 0.260 e. The summed E-state index contributed by atoms with van der Waals surface area (Å²) in [6.45, 7) is 0. The Hall–Kier alpha value is -2.61. The number of thiazole rings is 1. The monoisotopic (exact) mass is 309 g/mol. The molecule has 0 unspecified atom stereocenters. The molecular weight excluding hydrogens is 300 g/mol. The number of anilines is 1. The van der Waals surface area contributed by atoms with E-state index in [4.69, 9.17) is 5.73 Å². The van der Waals surface area contributed by atoms with Gasteiger partial charge in [-0.1, -0.05) is 17.4 Å². The Balaban J connectivity index is 2.07. The topological polar surface area (TPSA) is 85.1 Å². The van der Waals surface area contributed by atoms with Crippen LogP contribution in [0.15, 0.2) is 30.5 Å². The van der Waals surface area contributed by atoms with Gasteiger partial charge in [0.15, 0.2) is 5.13 Å². The molecule has 2 amide bonds. The van der Waals surface area contributed by atoms with Gasteiger partial charge in [0.05, 0.1) is 6.20 Å². The number of halogens is 2. The van der Waals surface area contributed by atoms with Crippen molar-refractivity contribution in [3.8, 4) is 0 Å². The smallest absolute Gasteiger partial charge is 0.260 e. The van der Waals surface area contributed by atoms with Crippen molar-refractivity contribution in [2.45, 2.75) is 0 Å². The highest BCUT2D eigenvalue weighted by Gasteiger charge is 2.09. The summed E-state index contributed by atoms with van der Waals surface area (Å²) in [7, 11) is 0. The van der Waals surface area contributed by atoms with Crippen LogP contribution in [0.5, 0.6) is 0 Å². The van der Waals surface area contributed by atoms with Crippen molar-refractivity contribution < 1.29 is 18.4 Å². The third-order valence-corrected chi connectivity index (χ3v) is 3.31. The molecule has 1 heterocycles. The first kappa shape index (κ1) is 14.8. The second-order valence-corrected chi connectivity index (χ2v) is 4.88. The lowest BCUT2D eigenvalue weighted by Crippen LogP contribution is -2.08. The van der Waals surface area contributed by atoms with Crippen molar-refractivity contribution >= 4 is 34.4 Å². The average molecular weight is 309 g/mol. The minimum absolute atomic E-state index is 0.160. The Morgan fingerprint density at radius 2 is 1.95 bits per heavy atom. The van der Waals surface area contributed by atoms with Gasteiger partial charge in [0, 0.05) is 11.6 Å². The molecule has 0 aliphatic rings. The molecule has 8 heteroatoms. The van der Waals surface area contributed by atoms with E-state index < -0.39 is 23.4 Å². The molecule has 0 aliphatic heterocycles. The number of hydrogen-bond acceptors (Lipinski definition) is 4. The standard InChI is InChI=1S/C13H9F2N3O2S/c14-8-2-1-3-9(15)7(8)4-5-11(19)18-13-17-6-10(21-13)12(16)20/h1-6H,(H2,16,20)(H,17,18,19). The summed E-state index contributed by atoms with van der Waals surface area (Å²) in [6.07, 6.45) is 3.21. The second-order valence-electron chi connectivity index (χ2n) is 3.85. The fourth-order valence-corrected chi connectivity index (χ4v) is 2.09. The van der Waals surface area contributed by atoms with E-state index in [9.17, 15) is 18.4 Å². The van der Waals surface area contributed by atoms with Crippen LogP contribution in [0, 0.1) is 11.6 Å². The van der Waals surface area contributed by atoms with Crippen LogP contribution in [0.3, 0.4) is 0 Å². The van der Waals surface area contributed by atoms with Crippen molar-refractivity contribution in [1.82, 2.24) is 4.98 Å². The van der Waals surface area contributed by atoms with Gasteiger partial charge in [0.2, 0.25) is 5.91 Å². The van der Waals surface area contributed by atoms with Gasteiger partial charge in [-0.15, -0.1) is 0 Å². The summed E-state index contributed by atoms with van der Waals surface area (Å²) in [5, 5.41) is 2.52. The number of nitrogens with zero attached hydrogens (tertiary/aromatic N) is 1. The zero-order chi connectivity index (χ0) is 15.4. The van der Waals surface area contributed by atoms with Crippen LogP contribution in [0.25, 0.3) is 6.08 Å². The largest absolute Gasteiger partial charge is 0.365 e. The van der Waals surface area contributed by atoms with E-state index in [2.05, 4.69) is 10.3 Å². The van der Waals surface area contributed by atoms with Crippen LogP contribution in [0.4, 0.5) is 13.9 Å². The molecule has 2 aromatic rings. The molecule has 0 saturated carbocycles. The summed E-state index contributed by atoms with van der Waals surface area (Å²) >= 11 is 0.898. The van der Waals surface area contributed by atoms with E-state index in [1.54, 1.807) is 0 Å². The Morgan fingerprint density at radius 3 is 2.52 bits per heavy atom. The lowest BCUT2D eigenvalue weighted by atomic mass is 10.2. The third-order valence-electron chi connectivity index (χ3n) is 2.38. The molecule has 0 spiro atoms. The molecule has 0 bridgehead atoms. The first-order valence-electron chi connectivity index (χ1n) is 5.66. The third kappa shape index (κ3) is 3.69. The van der Waals surface area contributed by atoms with Gasteiger partial charge >= 0.3 is 0 Å². The zero-order valence-electron chi connectivity index (χ0n) is 10.5. The fourth-order valence-electron chi connectivity index (χ4n) is 1.42. The van der Waals surface area contributed by atoms with Crippen LogP contribution in [-0.2, 0) is 4.79 Å². The fraction of sp³-hybridized carbons (Fsp3) is 0. The number of nitrogens with two attached hydrogens (primary N) is 1. The minimum Gasteiger partial charge on any atom is -0.365 e. The van der Waals surface area contributed by atoms with E-state index in [0.717, 1.165) is 35.6 Å². The number of benzene rings is 1. The molecule has 3 N–H and O–H groups in total. The zero-order valence-corrected chi connectivity index (χ0v) is 11.3. The quantitative estimate of drug-likeness (QED) is 0.849. The van der Waals surface area contributed by atoms with Crippen LogP contribution < -0.4 is 11.1 Å². The van der Waals surface area contributed by atoms with Gasteiger partial charge in [-0.25, -0.2) is 13.8 Å². The Kier molecular flexibility index (Phi) is 4.39. The van der Waals surface area contributed by atoms with Crippen molar-refractivity contribution in [1.29, 1.82) is 0 Å². The molecule has 0 saturated heterocycles. The first-order chi connectivity index (χ1) is 9.97. The Morgan fingerprint density at radius 1 is 1.29 bits per heavy atom. The van der Waals surface area contributed by atoms with Crippen molar-refractivity contribution in [2.24, 2.45) is 5.73 Å². The minimum atomic E-state index is -0.774. The maximum absolute atomic E-state index is 13.3. The van der Waals surface area contributed by atoms with Gasteiger partial charge in [-0.3, -0.25) is 14.9 Å². The summed E-state index contributed by atoms with van der Waals surface area (Å²) in [6, 6.07) is 3.39. The lowest BCUT2D eigenvalue weighted by molar-refractivity contribution is -0.111. The van der Waals surface area contributed by atoms with Crippen molar-refractivity contribution in [2.75, 3.05) is 5.32 Å². The van der Waals surface area contributed by atoms with Crippen LogP contribution in [0.1, 0.15) is 15.2 Å². The number of primary amides is 1. The van der Waals surface area contributed by atoms with Gasteiger partial charge in [-0.05, 0) is 18.2 Å². The van der Waals surface area contributed by atoms with E-state index in [1.165, 1.54) is 12.3 Å². The van der Waals surface area contributed by atoms with E-state index in [1.807, 2.05) is 0 Å². The van der Waals surface area contributed by atoms with Crippen LogP contribution in [0.2, 0.25) is 0 Å². The average Bonchev–Trinajstić information content (AvgIpc) is 2.87. The Bertz CT molecular complexity index is 708. The normalized spacial score (nSPS) is 10.8. The SMILES string of the molecule is NC(=O)c1cnc(NC(=O)C=Cc2c(F)cccc2F)s1. The second kappa shape index (κ2) is 6.23. The van der Waals surface area contributed by atoms with Gasteiger partial charge in [0.1, 0.15) is 16.5 Å². The van der Waals surface area contributed by atoms with Gasteiger partial charge in [-0.2, -0.15) is 0 Å². The number of carbonyl (C=O) groups is 2. The predicted octanol–water partition coefficient (Wildman–Crippen LogP) is 2.17. The number of carbonyl (C=O) groups excluding carboxylic acids is 2. The molecule has 21 heavy (non-hydrogen) atoms. The summed E-state index contributed by atoms with van der Waals surface area (Å²) < 4.78 is 26.7. The molecule has 5 nitrogen and oxygen atoms in total. The molecule has 108 valence electrons. The van der Waals surface area contributed by atoms with E-state index in [-0.39, 0.29) is 15.6 Å². The molecule has 0 radical (unpaired) electrons. The molecule has 0 atom stereocenters. The number of amides is 2. The molecular formula is C13H9F2N3O2S. The number of aromatic nitrogens is 1. The van der Waals surface area contributed by atoms with E-state index >= 15 is 0 Å². The van der Waals surface area contributed by atoms with Gasteiger partial charge in [0.25, 0.3) is 5.91 Å². The maximum atomic E-state index is 13.3. The van der Waals surface area contributed by atoms with Crippen LogP contribution in [-0.4, -0.2) is 16.8 Å². The highest BCUT2D eigenvalue weighted by Crippen LogP contribution is 2.18. The Labute approximate surface area is 122 Å². The highest BCUT2D eigenvalue weighted by molar-refractivity contribution is 7.17. The summed E-state index contributed by atoms with van der Waals surface area (Å²) in [4.78, 5) is 26.4. The predicted molar refractivity (Wildman–Crippen MR) is 74.7 cm³/mol. The van der Waals surface area contributed by atoms with Crippen molar-refractivity contribution in [3.63, 3.8) is 0 Å². The number of nitrogens with one attached hydrogen (secondary N) is 1. The molecule has 1 aromatic carbocycles. The summed E-state index contributed by atoms with van der Waals surface area (Å²) in [5.74, 6) is -2.84.